The maximum Gasteiger partial charge on any atom is 0.252 e. The van der Waals surface area contributed by atoms with Crippen LogP contribution in [0.3, 0.4) is 0 Å². The first-order valence-electron chi connectivity index (χ1n) is 4.89. The monoisotopic (exact) mass is 360 g/mol. The van der Waals surface area contributed by atoms with Crippen LogP contribution in [0.4, 0.5) is 0 Å². The number of carbonyl (C=O) groups excluding carboxylic acids is 1. The number of halogens is 2. The summed E-state index contributed by atoms with van der Waals surface area (Å²) in [6.07, 6.45) is 0.626. The van der Waals surface area contributed by atoms with Gasteiger partial charge in [0.25, 0.3) is 5.91 Å². The molecule has 17 heavy (non-hydrogen) atoms. The highest BCUT2D eigenvalue weighted by Crippen LogP contribution is 2.21. The molecule has 90 valence electrons. The molecule has 1 aromatic carbocycles. The van der Waals surface area contributed by atoms with E-state index < -0.39 is 0 Å². The molecule has 0 saturated carbocycles. The van der Waals surface area contributed by atoms with Crippen LogP contribution < -0.4 is 5.32 Å². The Kier molecular flexibility index (Phi) is 6.04. The number of carbonyl (C=O) groups is 1. The third kappa shape index (κ3) is 4.77. The molecular weight excluding hydrogens is 352 g/mol. The zero-order chi connectivity index (χ0) is 12.7. The van der Waals surface area contributed by atoms with Crippen LogP contribution in [0.25, 0.3) is 10.4 Å². The first kappa shape index (κ1) is 14.0. The Bertz CT molecular complexity index is 458. The molecule has 0 radical (unpaired) electrons. The van der Waals surface area contributed by atoms with Crippen molar-refractivity contribution in [1.29, 1.82) is 0 Å². The topological polar surface area (TPSA) is 77.9 Å². The minimum Gasteiger partial charge on any atom is -0.352 e. The molecule has 5 nitrogen and oxygen atoms in total. The maximum atomic E-state index is 11.8. The Hall–Kier alpha value is -1.04. The smallest absolute Gasteiger partial charge is 0.252 e. The van der Waals surface area contributed by atoms with Crippen LogP contribution in [0.5, 0.6) is 0 Å². The van der Waals surface area contributed by atoms with Crippen LogP contribution in [0.2, 0.25) is 0 Å². The summed E-state index contributed by atoms with van der Waals surface area (Å²) in [6, 6.07) is 5.40. The predicted octanol–water partition coefficient (Wildman–Crippen LogP) is 3.64. The van der Waals surface area contributed by atoms with Gasteiger partial charge >= 0.3 is 0 Å². The maximum absolute atomic E-state index is 11.8. The normalized spacial score (nSPS) is 9.53. The zero-order valence-electron chi connectivity index (χ0n) is 8.86. The standard InChI is InChI=1S/C10H10Br2N4O/c11-7-2-3-9(12)8(6-7)10(17)14-4-1-5-15-16-13/h2-3,6H,1,4-5H2,(H,14,17). The van der Waals surface area contributed by atoms with Crippen molar-refractivity contribution in [2.45, 2.75) is 6.42 Å². The highest BCUT2D eigenvalue weighted by molar-refractivity contribution is 9.11. The van der Waals surface area contributed by atoms with E-state index in [2.05, 4.69) is 47.2 Å². The van der Waals surface area contributed by atoms with E-state index in [1.807, 2.05) is 6.07 Å². The van der Waals surface area contributed by atoms with Crippen LogP contribution in [0.15, 0.2) is 32.3 Å². The van der Waals surface area contributed by atoms with Gasteiger partial charge in [0.15, 0.2) is 0 Å². The van der Waals surface area contributed by atoms with E-state index >= 15 is 0 Å². The molecule has 1 aromatic rings. The summed E-state index contributed by atoms with van der Waals surface area (Å²) < 4.78 is 1.59. The fraction of sp³-hybridized carbons (Fsp3) is 0.300. The number of hydrogen-bond acceptors (Lipinski definition) is 2. The van der Waals surface area contributed by atoms with E-state index in [0.29, 0.717) is 25.1 Å². The quantitative estimate of drug-likeness (QED) is 0.369. The summed E-state index contributed by atoms with van der Waals surface area (Å²) in [5.41, 5.74) is 8.65. The van der Waals surface area contributed by atoms with E-state index in [-0.39, 0.29) is 5.91 Å². The molecule has 0 aliphatic heterocycles. The second-order valence-corrected chi connectivity index (χ2v) is 4.96. The lowest BCUT2D eigenvalue weighted by atomic mass is 10.2. The molecule has 1 N–H and O–H groups in total. The summed E-state index contributed by atoms with van der Waals surface area (Å²) >= 11 is 6.63. The third-order valence-electron chi connectivity index (χ3n) is 1.96. The Labute approximate surface area is 115 Å². The average Bonchev–Trinajstić information content (AvgIpc) is 2.32. The first-order chi connectivity index (χ1) is 8.15. The van der Waals surface area contributed by atoms with Crippen molar-refractivity contribution in [3.05, 3.63) is 43.2 Å². The molecule has 0 heterocycles. The predicted molar refractivity (Wildman–Crippen MR) is 72.8 cm³/mol. The van der Waals surface area contributed by atoms with Crippen molar-refractivity contribution in [2.24, 2.45) is 5.11 Å². The molecular formula is C10H10Br2N4O. The van der Waals surface area contributed by atoms with Gasteiger partial charge < -0.3 is 5.32 Å². The van der Waals surface area contributed by atoms with E-state index in [0.717, 1.165) is 8.95 Å². The highest BCUT2D eigenvalue weighted by atomic mass is 79.9. The van der Waals surface area contributed by atoms with Gasteiger partial charge in [-0.2, -0.15) is 0 Å². The van der Waals surface area contributed by atoms with Crippen LogP contribution >= 0.6 is 31.9 Å². The molecule has 0 bridgehead atoms. The fourth-order valence-electron chi connectivity index (χ4n) is 1.16. The van der Waals surface area contributed by atoms with Crippen molar-refractivity contribution in [1.82, 2.24) is 5.32 Å². The second-order valence-electron chi connectivity index (χ2n) is 3.19. The number of nitrogens with zero attached hydrogens (tertiary/aromatic N) is 3. The number of amides is 1. The fourth-order valence-corrected chi connectivity index (χ4v) is 1.95. The molecule has 1 rings (SSSR count). The van der Waals surface area contributed by atoms with E-state index in [1.54, 1.807) is 12.1 Å². The minimum absolute atomic E-state index is 0.154. The van der Waals surface area contributed by atoms with Crippen molar-refractivity contribution < 1.29 is 4.79 Å². The van der Waals surface area contributed by atoms with E-state index in [1.165, 1.54) is 0 Å². The van der Waals surface area contributed by atoms with Crippen LogP contribution in [0.1, 0.15) is 16.8 Å². The third-order valence-corrected chi connectivity index (χ3v) is 3.14. The molecule has 0 unspecified atom stereocenters. The SMILES string of the molecule is [N-]=[N+]=NCCCNC(=O)c1cc(Br)ccc1Br. The van der Waals surface area contributed by atoms with E-state index in [4.69, 9.17) is 5.53 Å². The van der Waals surface area contributed by atoms with Gasteiger partial charge in [-0.15, -0.1) is 0 Å². The van der Waals surface area contributed by atoms with E-state index in [9.17, 15) is 4.79 Å². The summed E-state index contributed by atoms with van der Waals surface area (Å²) in [4.78, 5) is 14.4. The van der Waals surface area contributed by atoms with Gasteiger partial charge in [-0.05, 0) is 46.1 Å². The molecule has 0 saturated heterocycles. The van der Waals surface area contributed by atoms with Crippen molar-refractivity contribution >= 4 is 37.8 Å². The lowest BCUT2D eigenvalue weighted by Gasteiger charge is -2.06. The largest absolute Gasteiger partial charge is 0.352 e. The molecule has 0 spiro atoms. The summed E-state index contributed by atoms with van der Waals surface area (Å²) in [6.45, 7) is 0.868. The lowest BCUT2D eigenvalue weighted by Crippen LogP contribution is -2.25. The number of benzene rings is 1. The molecule has 0 aliphatic carbocycles. The first-order valence-corrected chi connectivity index (χ1v) is 6.48. The summed E-state index contributed by atoms with van der Waals surface area (Å²) in [7, 11) is 0. The summed E-state index contributed by atoms with van der Waals surface area (Å²) in [5.74, 6) is -0.154. The van der Waals surface area contributed by atoms with Gasteiger partial charge in [0, 0.05) is 26.9 Å². The summed E-state index contributed by atoms with van der Waals surface area (Å²) in [5, 5.41) is 6.14. The van der Waals surface area contributed by atoms with Crippen LogP contribution in [0, 0.1) is 0 Å². The Morgan fingerprint density at radius 3 is 2.94 bits per heavy atom. The van der Waals surface area contributed by atoms with Crippen LogP contribution in [-0.4, -0.2) is 19.0 Å². The molecule has 1 amide bonds. The van der Waals surface area contributed by atoms with Gasteiger partial charge in [0.2, 0.25) is 0 Å². The second kappa shape index (κ2) is 7.32. The Balaban J connectivity index is 2.52. The van der Waals surface area contributed by atoms with Crippen LogP contribution in [-0.2, 0) is 0 Å². The van der Waals surface area contributed by atoms with Gasteiger partial charge in [0.1, 0.15) is 0 Å². The molecule has 0 fully saturated rings. The van der Waals surface area contributed by atoms with Gasteiger partial charge in [-0.1, -0.05) is 21.0 Å². The van der Waals surface area contributed by atoms with Gasteiger partial charge in [-0.3, -0.25) is 4.79 Å². The van der Waals surface area contributed by atoms with Gasteiger partial charge in [-0.25, -0.2) is 0 Å². The molecule has 0 aromatic heterocycles. The Morgan fingerprint density at radius 1 is 1.47 bits per heavy atom. The minimum atomic E-state index is -0.154. The number of azide groups is 1. The van der Waals surface area contributed by atoms with Gasteiger partial charge in [0.05, 0.1) is 5.56 Å². The van der Waals surface area contributed by atoms with Crippen molar-refractivity contribution in [2.75, 3.05) is 13.1 Å². The molecule has 0 aliphatic rings. The number of hydrogen-bond donors (Lipinski definition) is 1. The molecule has 0 atom stereocenters. The lowest BCUT2D eigenvalue weighted by molar-refractivity contribution is 0.0952. The highest BCUT2D eigenvalue weighted by Gasteiger charge is 2.09. The number of nitrogens with one attached hydrogen (secondary N) is 1. The average molecular weight is 362 g/mol. The zero-order valence-corrected chi connectivity index (χ0v) is 12.0. The van der Waals surface area contributed by atoms with Crippen molar-refractivity contribution in [3.63, 3.8) is 0 Å². The number of rotatable bonds is 5. The van der Waals surface area contributed by atoms with Crippen molar-refractivity contribution in [3.8, 4) is 0 Å². The Morgan fingerprint density at radius 2 is 2.24 bits per heavy atom. The molecule has 7 heteroatoms.